The number of amides is 2. The monoisotopic (exact) mass is 414 g/mol. The summed E-state index contributed by atoms with van der Waals surface area (Å²) in [5.74, 6) is -0.311. The van der Waals surface area contributed by atoms with Crippen LogP contribution < -0.4 is 5.32 Å². The molecule has 26 heavy (non-hydrogen) atoms. The zero-order valence-electron chi connectivity index (χ0n) is 14.4. The summed E-state index contributed by atoms with van der Waals surface area (Å²) in [6.45, 7) is 5.25. The van der Waals surface area contributed by atoms with Gasteiger partial charge in [-0.2, -0.15) is 0 Å². The van der Waals surface area contributed by atoms with E-state index in [9.17, 15) is 14.0 Å². The number of thioether (sulfide) groups is 2. The van der Waals surface area contributed by atoms with Crippen molar-refractivity contribution in [2.45, 2.75) is 22.5 Å². The number of rotatable bonds is 9. The molecule has 0 radical (unpaired) electrons. The lowest BCUT2D eigenvalue weighted by molar-refractivity contribution is -0.128. The minimum atomic E-state index is -0.474. The first-order chi connectivity index (χ1) is 12.5. The smallest absolute Gasteiger partial charge is 0.234 e. The number of nitrogens with zero attached hydrogens (tertiary/aromatic N) is 3. The van der Waals surface area contributed by atoms with Gasteiger partial charge >= 0.3 is 0 Å². The van der Waals surface area contributed by atoms with Crippen molar-refractivity contribution in [2.24, 2.45) is 0 Å². The van der Waals surface area contributed by atoms with E-state index in [1.165, 1.54) is 47.0 Å². The lowest BCUT2D eigenvalue weighted by Crippen LogP contribution is -2.31. The van der Waals surface area contributed by atoms with Crippen LogP contribution in [0.25, 0.3) is 0 Å². The van der Waals surface area contributed by atoms with Gasteiger partial charge in [-0.25, -0.2) is 4.39 Å². The average Bonchev–Trinajstić information content (AvgIpc) is 3.09. The fourth-order valence-corrected chi connectivity index (χ4v) is 4.70. The number of hydrogen-bond acceptors (Lipinski definition) is 7. The topological polar surface area (TPSA) is 75.2 Å². The average molecular weight is 415 g/mol. The molecule has 1 aromatic carbocycles. The molecule has 0 bridgehead atoms. The first-order valence-corrected chi connectivity index (χ1v) is 10.7. The summed E-state index contributed by atoms with van der Waals surface area (Å²) in [4.78, 5) is 25.6. The number of nitrogens with one attached hydrogen (secondary N) is 1. The zero-order chi connectivity index (χ0) is 18.9. The third-order valence-electron chi connectivity index (χ3n) is 3.30. The highest BCUT2D eigenvalue weighted by molar-refractivity contribution is 8.03. The van der Waals surface area contributed by atoms with Gasteiger partial charge in [-0.15, -0.1) is 10.2 Å². The van der Waals surface area contributed by atoms with Crippen LogP contribution >= 0.6 is 34.9 Å². The Kier molecular flexibility index (Phi) is 8.33. The van der Waals surface area contributed by atoms with Crippen molar-refractivity contribution in [3.63, 3.8) is 0 Å². The predicted molar refractivity (Wildman–Crippen MR) is 104 cm³/mol. The predicted octanol–water partition coefficient (Wildman–Crippen LogP) is 3.37. The lowest BCUT2D eigenvalue weighted by Gasteiger charge is -2.17. The Labute approximate surface area is 164 Å². The van der Waals surface area contributed by atoms with Gasteiger partial charge in [0, 0.05) is 13.1 Å². The number of anilines is 1. The fourth-order valence-electron chi connectivity index (χ4n) is 1.98. The van der Waals surface area contributed by atoms with Crippen LogP contribution in [0.2, 0.25) is 0 Å². The van der Waals surface area contributed by atoms with E-state index < -0.39 is 5.82 Å². The second-order valence-corrected chi connectivity index (χ2v) is 8.43. The van der Waals surface area contributed by atoms with Crippen molar-refractivity contribution in [3.05, 3.63) is 30.1 Å². The number of hydrogen-bond donors (Lipinski definition) is 1. The van der Waals surface area contributed by atoms with E-state index in [1.54, 1.807) is 17.0 Å². The molecule has 0 aliphatic carbocycles. The lowest BCUT2D eigenvalue weighted by atomic mass is 10.3. The highest BCUT2D eigenvalue weighted by Gasteiger charge is 2.13. The first-order valence-electron chi connectivity index (χ1n) is 7.94. The molecule has 6 nitrogen and oxygen atoms in total. The summed E-state index contributed by atoms with van der Waals surface area (Å²) >= 11 is 3.90. The van der Waals surface area contributed by atoms with Crippen LogP contribution in [-0.2, 0) is 9.59 Å². The Morgan fingerprint density at radius 2 is 1.73 bits per heavy atom. The molecule has 10 heteroatoms. The molecule has 1 N–H and O–H groups in total. The zero-order valence-corrected chi connectivity index (χ0v) is 16.8. The van der Waals surface area contributed by atoms with Crippen LogP contribution in [0.15, 0.2) is 32.9 Å². The van der Waals surface area contributed by atoms with E-state index in [-0.39, 0.29) is 23.3 Å². The molecule has 0 aliphatic rings. The van der Waals surface area contributed by atoms with Crippen molar-refractivity contribution < 1.29 is 14.0 Å². The number of carbonyl (C=O) groups excluding carboxylic acids is 2. The Hall–Kier alpha value is -1.65. The first kappa shape index (κ1) is 20.7. The van der Waals surface area contributed by atoms with Crippen molar-refractivity contribution in [3.8, 4) is 0 Å². The molecular weight excluding hydrogens is 395 g/mol. The van der Waals surface area contributed by atoms with Gasteiger partial charge in [0.25, 0.3) is 0 Å². The summed E-state index contributed by atoms with van der Waals surface area (Å²) < 4.78 is 14.8. The largest absolute Gasteiger partial charge is 0.343 e. The Bertz CT molecular complexity index is 753. The highest BCUT2D eigenvalue weighted by atomic mass is 32.2. The molecule has 2 aromatic rings. The normalized spacial score (nSPS) is 10.6. The summed E-state index contributed by atoms with van der Waals surface area (Å²) in [7, 11) is 0. The van der Waals surface area contributed by atoms with Crippen molar-refractivity contribution in [1.29, 1.82) is 0 Å². The molecule has 1 heterocycles. The van der Waals surface area contributed by atoms with Gasteiger partial charge in [0.15, 0.2) is 8.68 Å². The van der Waals surface area contributed by atoms with Crippen molar-refractivity contribution >= 4 is 52.4 Å². The van der Waals surface area contributed by atoms with E-state index in [1.807, 2.05) is 13.8 Å². The van der Waals surface area contributed by atoms with E-state index in [2.05, 4.69) is 15.5 Å². The molecule has 0 unspecified atom stereocenters. The fraction of sp³-hybridized carbons (Fsp3) is 0.375. The Balaban J connectivity index is 1.78. The molecule has 1 aromatic heterocycles. The number of carbonyl (C=O) groups is 2. The molecule has 0 atom stereocenters. The second kappa shape index (κ2) is 10.5. The van der Waals surface area contributed by atoms with E-state index in [4.69, 9.17) is 0 Å². The van der Waals surface area contributed by atoms with E-state index in [0.717, 1.165) is 0 Å². The molecule has 140 valence electrons. The number of para-hydroxylation sites is 1. The summed E-state index contributed by atoms with van der Waals surface area (Å²) in [5, 5.41) is 10.5. The molecule has 0 spiro atoms. The quantitative estimate of drug-likeness (QED) is 0.634. The van der Waals surface area contributed by atoms with Crippen LogP contribution in [0.5, 0.6) is 0 Å². The SMILES string of the molecule is CCN(CC)C(=O)CSc1nnc(SCC(=O)Nc2ccccc2F)s1. The van der Waals surface area contributed by atoms with Crippen LogP contribution in [0.1, 0.15) is 13.8 Å². The van der Waals surface area contributed by atoms with Crippen molar-refractivity contribution in [2.75, 3.05) is 29.9 Å². The van der Waals surface area contributed by atoms with Crippen LogP contribution in [0.3, 0.4) is 0 Å². The van der Waals surface area contributed by atoms with E-state index in [0.29, 0.717) is 27.5 Å². The summed E-state index contributed by atoms with van der Waals surface area (Å²) in [6, 6.07) is 6.01. The van der Waals surface area contributed by atoms with Gasteiger partial charge in [0.1, 0.15) is 5.82 Å². The summed E-state index contributed by atoms with van der Waals surface area (Å²) in [5.41, 5.74) is 0.154. The Morgan fingerprint density at radius 1 is 1.12 bits per heavy atom. The highest BCUT2D eigenvalue weighted by Crippen LogP contribution is 2.29. The van der Waals surface area contributed by atoms with Gasteiger partial charge < -0.3 is 10.2 Å². The number of aromatic nitrogens is 2. The number of halogens is 1. The second-order valence-electron chi connectivity index (χ2n) is 5.01. The van der Waals surface area contributed by atoms with Crippen LogP contribution in [-0.4, -0.2) is 51.5 Å². The number of benzene rings is 1. The van der Waals surface area contributed by atoms with Gasteiger partial charge in [0.05, 0.1) is 17.2 Å². The molecular formula is C16H19FN4O2S3. The van der Waals surface area contributed by atoms with Gasteiger partial charge in [-0.1, -0.05) is 47.0 Å². The minimum Gasteiger partial charge on any atom is -0.343 e. The third kappa shape index (κ3) is 6.26. The van der Waals surface area contributed by atoms with Crippen LogP contribution in [0, 0.1) is 5.82 Å². The summed E-state index contributed by atoms with van der Waals surface area (Å²) in [6.07, 6.45) is 0. The molecule has 0 aliphatic heterocycles. The Morgan fingerprint density at radius 3 is 2.35 bits per heavy atom. The van der Waals surface area contributed by atoms with Crippen molar-refractivity contribution in [1.82, 2.24) is 15.1 Å². The maximum absolute atomic E-state index is 13.5. The van der Waals surface area contributed by atoms with Gasteiger partial charge in [-0.05, 0) is 26.0 Å². The molecule has 0 fully saturated rings. The third-order valence-corrected chi connectivity index (χ3v) is 6.47. The minimum absolute atomic E-state index is 0.0636. The van der Waals surface area contributed by atoms with Gasteiger partial charge in [0.2, 0.25) is 11.8 Å². The molecule has 0 saturated carbocycles. The maximum atomic E-state index is 13.5. The molecule has 2 rings (SSSR count). The molecule has 0 saturated heterocycles. The van der Waals surface area contributed by atoms with E-state index >= 15 is 0 Å². The molecule has 2 amide bonds. The van der Waals surface area contributed by atoms with Crippen LogP contribution in [0.4, 0.5) is 10.1 Å². The van der Waals surface area contributed by atoms with Gasteiger partial charge in [-0.3, -0.25) is 9.59 Å². The maximum Gasteiger partial charge on any atom is 0.234 e. The standard InChI is InChI=1S/C16H19FN4O2S3/c1-3-21(4-2)14(23)10-25-16-20-19-15(26-16)24-9-13(22)18-12-8-6-5-7-11(12)17/h5-8H,3-4,9-10H2,1-2H3,(H,18,22).